The zero-order valence-electron chi connectivity index (χ0n) is 10.8. The first kappa shape index (κ1) is 15.8. The first-order valence-corrected chi connectivity index (χ1v) is 8.38. The van der Waals surface area contributed by atoms with Crippen molar-refractivity contribution in [3.63, 3.8) is 0 Å². The first-order valence-electron chi connectivity index (χ1n) is 5.58. The number of benzene rings is 1. The highest BCUT2D eigenvalue weighted by molar-refractivity contribution is 7.89. The average Bonchev–Trinajstić information content (AvgIpc) is 2.84. The molecule has 112 valence electrons. The van der Waals surface area contributed by atoms with Crippen LogP contribution >= 0.6 is 22.9 Å². The molecule has 3 N–H and O–H groups in total. The summed E-state index contributed by atoms with van der Waals surface area (Å²) in [5.41, 5.74) is 0.272. The van der Waals surface area contributed by atoms with Gasteiger partial charge in [0, 0.05) is 5.69 Å². The van der Waals surface area contributed by atoms with Crippen LogP contribution in [0.5, 0.6) is 5.75 Å². The summed E-state index contributed by atoms with van der Waals surface area (Å²) in [6, 6.07) is 5.75. The lowest BCUT2D eigenvalue weighted by Gasteiger charge is -2.10. The molecule has 1 aromatic heterocycles. The summed E-state index contributed by atoms with van der Waals surface area (Å²) >= 11 is 7.05. The fourth-order valence-corrected chi connectivity index (χ4v) is 3.38. The van der Waals surface area contributed by atoms with E-state index in [0.717, 1.165) is 0 Å². The highest BCUT2D eigenvalue weighted by atomic mass is 35.5. The van der Waals surface area contributed by atoms with E-state index in [4.69, 9.17) is 21.5 Å². The summed E-state index contributed by atoms with van der Waals surface area (Å²) in [6.45, 7) is 0. The van der Waals surface area contributed by atoms with Gasteiger partial charge in [-0.25, -0.2) is 13.6 Å². The highest BCUT2D eigenvalue weighted by Gasteiger charge is 2.17. The van der Waals surface area contributed by atoms with E-state index in [-0.39, 0.29) is 16.3 Å². The Balaban J connectivity index is 2.34. The van der Waals surface area contributed by atoms with Crippen molar-refractivity contribution in [2.45, 2.75) is 4.90 Å². The molecular weight excluding hydrogens is 336 g/mol. The smallest absolute Gasteiger partial charge is 0.267 e. The Hall–Kier alpha value is -1.61. The number of thiophene rings is 1. The minimum atomic E-state index is -3.97. The largest absolute Gasteiger partial charge is 0.495 e. The highest BCUT2D eigenvalue weighted by Crippen LogP contribution is 2.27. The zero-order chi connectivity index (χ0) is 15.6. The molecule has 0 aliphatic carbocycles. The minimum Gasteiger partial charge on any atom is -0.495 e. The normalized spacial score (nSPS) is 11.2. The number of anilines is 1. The molecule has 2 rings (SSSR count). The van der Waals surface area contributed by atoms with Gasteiger partial charge in [-0.2, -0.15) is 0 Å². The number of carbonyl (C=O) groups is 1. The predicted molar refractivity (Wildman–Crippen MR) is 81.6 cm³/mol. The topological polar surface area (TPSA) is 98.5 Å². The van der Waals surface area contributed by atoms with E-state index >= 15 is 0 Å². The molecule has 21 heavy (non-hydrogen) atoms. The Bertz CT molecular complexity index is 786. The minimum absolute atomic E-state index is 0.102. The lowest BCUT2D eigenvalue weighted by atomic mass is 10.3. The zero-order valence-corrected chi connectivity index (χ0v) is 13.2. The number of methoxy groups -OCH3 is 1. The summed E-state index contributed by atoms with van der Waals surface area (Å²) in [4.78, 5) is 12.1. The molecule has 2 aromatic rings. The van der Waals surface area contributed by atoms with Crippen molar-refractivity contribution in [3.05, 3.63) is 39.5 Å². The van der Waals surface area contributed by atoms with Crippen molar-refractivity contribution in [3.8, 4) is 5.75 Å². The fourth-order valence-electron chi connectivity index (χ4n) is 1.62. The van der Waals surface area contributed by atoms with Crippen molar-refractivity contribution in [2.24, 2.45) is 5.14 Å². The molecule has 1 heterocycles. The van der Waals surface area contributed by atoms with Crippen molar-refractivity contribution < 1.29 is 17.9 Å². The molecule has 0 bridgehead atoms. The molecule has 0 aliphatic rings. The van der Waals surface area contributed by atoms with Crippen LogP contribution in [0.3, 0.4) is 0 Å². The molecule has 0 atom stereocenters. The maximum absolute atomic E-state index is 12.0. The van der Waals surface area contributed by atoms with Crippen LogP contribution in [0.15, 0.2) is 34.5 Å². The van der Waals surface area contributed by atoms with Gasteiger partial charge in [-0.15, -0.1) is 11.3 Å². The van der Waals surface area contributed by atoms with Gasteiger partial charge in [0.05, 0.1) is 12.1 Å². The van der Waals surface area contributed by atoms with E-state index < -0.39 is 15.9 Å². The Morgan fingerprint density at radius 3 is 2.62 bits per heavy atom. The third-order valence-corrected chi connectivity index (χ3v) is 4.82. The fraction of sp³-hybridized carbons (Fsp3) is 0.0833. The van der Waals surface area contributed by atoms with Gasteiger partial charge < -0.3 is 10.1 Å². The number of carbonyl (C=O) groups excluding carboxylic acids is 1. The second-order valence-electron chi connectivity index (χ2n) is 3.96. The van der Waals surface area contributed by atoms with Crippen LogP contribution in [-0.4, -0.2) is 21.4 Å². The number of sulfonamides is 1. The molecule has 1 aromatic carbocycles. The molecule has 0 unspecified atom stereocenters. The molecule has 9 heteroatoms. The quantitative estimate of drug-likeness (QED) is 0.887. The maximum atomic E-state index is 12.0. The molecule has 0 radical (unpaired) electrons. The van der Waals surface area contributed by atoms with Crippen LogP contribution in [0, 0.1) is 0 Å². The molecule has 0 saturated heterocycles. The van der Waals surface area contributed by atoms with E-state index in [0.29, 0.717) is 9.90 Å². The molecule has 0 aliphatic heterocycles. The van der Waals surface area contributed by atoms with Gasteiger partial charge in [-0.3, -0.25) is 4.79 Å². The van der Waals surface area contributed by atoms with Crippen molar-refractivity contribution in [1.82, 2.24) is 0 Å². The number of ether oxygens (including phenoxy) is 1. The third-order valence-electron chi connectivity index (χ3n) is 2.55. The summed E-state index contributed by atoms with van der Waals surface area (Å²) in [7, 11) is -2.64. The van der Waals surface area contributed by atoms with E-state index in [1.54, 1.807) is 11.4 Å². The van der Waals surface area contributed by atoms with E-state index in [2.05, 4.69) is 5.32 Å². The van der Waals surface area contributed by atoms with Crippen LogP contribution in [0.4, 0.5) is 5.69 Å². The van der Waals surface area contributed by atoms with Gasteiger partial charge in [-0.1, -0.05) is 11.6 Å². The van der Waals surface area contributed by atoms with Gasteiger partial charge in [0.1, 0.15) is 15.5 Å². The summed E-state index contributed by atoms with van der Waals surface area (Å²) in [6.07, 6.45) is 0. The lowest BCUT2D eigenvalue weighted by molar-refractivity contribution is 0.103. The average molecular weight is 347 g/mol. The van der Waals surface area contributed by atoms with Gasteiger partial charge in [0.25, 0.3) is 5.91 Å². The Kier molecular flexibility index (Phi) is 4.52. The number of primary sulfonamides is 1. The van der Waals surface area contributed by atoms with Gasteiger partial charge in [0.15, 0.2) is 0 Å². The van der Waals surface area contributed by atoms with Crippen LogP contribution in [0.1, 0.15) is 9.67 Å². The van der Waals surface area contributed by atoms with E-state index in [1.807, 2.05) is 0 Å². The maximum Gasteiger partial charge on any atom is 0.267 e. The number of hydrogen-bond acceptors (Lipinski definition) is 5. The predicted octanol–water partition coefficient (Wildman–Crippen LogP) is 2.31. The van der Waals surface area contributed by atoms with Crippen molar-refractivity contribution in [1.29, 1.82) is 0 Å². The third kappa shape index (κ3) is 3.53. The van der Waals surface area contributed by atoms with Crippen LogP contribution in [0.2, 0.25) is 5.02 Å². The Morgan fingerprint density at radius 1 is 1.38 bits per heavy atom. The molecule has 1 amide bonds. The number of nitrogens with one attached hydrogen (secondary N) is 1. The lowest BCUT2D eigenvalue weighted by Crippen LogP contribution is -2.15. The SMILES string of the molecule is COc1ccc(NC(=O)c2sccc2Cl)cc1S(N)(=O)=O. The van der Waals surface area contributed by atoms with Crippen LogP contribution < -0.4 is 15.2 Å². The molecule has 6 nitrogen and oxygen atoms in total. The molecule has 0 saturated carbocycles. The van der Waals surface area contributed by atoms with Gasteiger partial charge in [0.2, 0.25) is 10.0 Å². The van der Waals surface area contributed by atoms with Gasteiger partial charge >= 0.3 is 0 Å². The van der Waals surface area contributed by atoms with Gasteiger partial charge in [-0.05, 0) is 29.6 Å². The summed E-state index contributed by atoms with van der Waals surface area (Å²) in [5, 5.41) is 9.69. The van der Waals surface area contributed by atoms with Crippen LogP contribution in [0.25, 0.3) is 0 Å². The van der Waals surface area contributed by atoms with Crippen LogP contribution in [-0.2, 0) is 10.0 Å². The Morgan fingerprint density at radius 2 is 2.10 bits per heavy atom. The van der Waals surface area contributed by atoms with Crippen molar-refractivity contribution >= 4 is 44.6 Å². The van der Waals surface area contributed by atoms with E-state index in [9.17, 15) is 13.2 Å². The Labute approximate surface area is 130 Å². The molecular formula is C12H11ClN2O4S2. The monoisotopic (exact) mass is 346 g/mol. The summed E-state index contributed by atoms with van der Waals surface area (Å²) < 4.78 is 27.9. The number of rotatable bonds is 4. The molecule has 0 spiro atoms. The second kappa shape index (κ2) is 6.02. The number of hydrogen-bond donors (Lipinski definition) is 2. The van der Waals surface area contributed by atoms with Crippen molar-refractivity contribution in [2.75, 3.05) is 12.4 Å². The second-order valence-corrected chi connectivity index (χ2v) is 6.82. The number of halogens is 1. The molecule has 0 fully saturated rings. The number of amides is 1. The summed E-state index contributed by atoms with van der Waals surface area (Å²) in [5.74, 6) is -0.329. The first-order chi connectivity index (χ1) is 9.82. The standard InChI is InChI=1S/C12H11ClN2O4S2/c1-19-9-3-2-7(6-10(9)21(14,17)18)15-12(16)11-8(13)4-5-20-11/h2-6H,1H3,(H,15,16)(H2,14,17,18). The number of nitrogens with two attached hydrogens (primary N) is 1. The van der Waals surface area contributed by atoms with E-state index in [1.165, 1.54) is 36.6 Å².